The summed E-state index contributed by atoms with van der Waals surface area (Å²) < 4.78 is 6.38. The van der Waals surface area contributed by atoms with Crippen molar-refractivity contribution in [2.24, 2.45) is 0 Å². The fourth-order valence-electron chi connectivity index (χ4n) is 5.89. The van der Waals surface area contributed by atoms with Crippen molar-refractivity contribution in [3.8, 4) is 5.75 Å². The van der Waals surface area contributed by atoms with Gasteiger partial charge in [0.25, 0.3) is 5.91 Å². The first kappa shape index (κ1) is 24.3. The van der Waals surface area contributed by atoms with E-state index in [4.69, 9.17) is 4.74 Å². The number of piperidine rings is 1. The highest BCUT2D eigenvalue weighted by Crippen LogP contribution is 2.31. The minimum absolute atomic E-state index is 0.144. The maximum atomic E-state index is 12.9. The summed E-state index contributed by atoms with van der Waals surface area (Å²) in [6.45, 7) is 8.87. The Balaban J connectivity index is 1.07. The lowest BCUT2D eigenvalue weighted by Crippen LogP contribution is -2.46. The standard InChI is InChI=1S/C30H36N4O3/c1-30(2,36)28-10-6-21-14-20(5-9-27(21)32-28)17-33-13-11-25(19-33)37-24-7-8-26-22(15-24)18-34(29(26)35)23-4-3-12-31-16-23/h5-10,14-15,23,25,31,36H,3-4,11-13,16-19H2,1-2H3/t23-,25-/m0/s1. The number of nitrogens with one attached hydrogen (secondary N) is 1. The molecule has 1 amide bonds. The van der Waals surface area contributed by atoms with Crippen molar-refractivity contribution in [2.45, 2.75) is 63.9 Å². The van der Waals surface area contributed by atoms with Crippen molar-refractivity contribution in [1.82, 2.24) is 20.1 Å². The van der Waals surface area contributed by atoms with E-state index in [-0.39, 0.29) is 18.1 Å². The maximum Gasteiger partial charge on any atom is 0.254 e. The fourth-order valence-corrected chi connectivity index (χ4v) is 5.89. The molecule has 0 bridgehead atoms. The minimum Gasteiger partial charge on any atom is -0.489 e. The second-order valence-electron chi connectivity index (χ2n) is 11.3. The fraction of sp³-hybridized carbons (Fsp3) is 0.467. The number of carbonyl (C=O) groups excluding carboxylic acids is 1. The van der Waals surface area contributed by atoms with E-state index in [9.17, 15) is 9.90 Å². The van der Waals surface area contributed by atoms with Gasteiger partial charge < -0.3 is 20.1 Å². The highest BCUT2D eigenvalue weighted by atomic mass is 16.5. The van der Waals surface area contributed by atoms with Crippen LogP contribution in [0, 0.1) is 0 Å². The number of aliphatic hydroxyl groups is 1. The average Bonchev–Trinajstić information content (AvgIpc) is 3.47. The number of likely N-dealkylation sites (tertiary alicyclic amines) is 1. The van der Waals surface area contributed by atoms with Crippen LogP contribution in [0.4, 0.5) is 0 Å². The van der Waals surface area contributed by atoms with E-state index in [1.807, 2.05) is 35.2 Å². The third-order valence-electron chi connectivity index (χ3n) is 7.94. The van der Waals surface area contributed by atoms with E-state index in [0.717, 1.165) is 79.8 Å². The van der Waals surface area contributed by atoms with Crippen LogP contribution >= 0.6 is 0 Å². The molecule has 37 heavy (non-hydrogen) atoms. The van der Waals surface area contributed by atoms with Gasteiger partial charge in [0.2, 0.25) is 0 Å². The number of hydrogen-bond acceptors (Lipinski definition) is 6. The topological polar surface area (TPSA) is 77.9 Å². The molecular formula is C30H36N4O3. The second-order valence-corrected chi connectivity index (χ2v) is 11.3. The van der Waals surface area contributed by atoms with Crippen molar-refractivity contribution in [3.05, 3.63) is 70.9 Å². The number of pyridine rings is 1. The monoisotopic (exact) mass is 500 g/mol. The van der Waals surface area contributed by atoms with Crippen LogP contribution in [0.25, 0.3) is 10.9 Å². The maximum absolute atomic E-state index is 12.9. The molecule has 3 aliphatic heterocycles. The van der Waals surface area contributed by atoms with Gasteiger partial charge in [-0.15, -0.1) is 0 Å². The zero-order chi connectivity index (χ0) is 25.6. The van der Waals surface area contributed by atoms with E-state index in [2.05, 4.69) is 33.4 Å². The quantitative estimate of drug-likeness (QED) is 0.536. The lowest BCUT2D eigenvalue weighted by Gasteiger charge is -2.31. The normalized spacial score (nSPS) is 22.6. The summed E-state index contributed by atoms with van der Waals surface area (Å²) in [4.78, 5) is 22.0. The van der Waals surface area contributed by atoms with Gasteiger partial charge in [0.15, 0.2) is 0 Å². The van der Waals surface area contributed by atoms with E-state index in [0.29, 0.717) is 12.2 Å². The van der Waals surface area contributed by atoms with Crippen molar-refractivity contribution in [2.75, 3.05) is 26.2 Å². The van der Waals surface area contributed by atoms with E-state index < -0.39 is 5.60 Å². The summed E-state index contributed by atoms with van der Waals surface area (Å²) >= 11 is 0. The predicted molar refractivity (Wildman–Crippen MR) is 144 cm³/mol. The molecule has 0 saturated carbocycles. The Labute approximate surface area is 218 Å². The molecule has 6 rings (SSSR count). The van der Waals surface area contributed by atoms with Gasteiger partial charge in [0.05, 0.1) is 11.2 Å². The SMILES string of the molecule is CC(C)(O)c1ccc2cc(CN3CC[C@H](Oc4ccc5c(c4)CN([C@H]4CCCNC4)C5=O)C3)ccc2n1. The molecule has 7 heteroatoms. The molecule has 2 N–H and O–H groups in total. The molecule has 4 heterocycles. The summed E-state index contributed by atoms with van der Waals surface area (Å²) in [6, 6.07) is 16.6. The number of hydrogen-bond donors (Lipinski definition) is 2. The Hall–Kier alpha value is -3.00. The van der Waals surface area contributed by atoms with Gasteiger partial charge in [-0.05, 0) is 87.2 Å². The van der Waals surface area contributed by atoms with Crippen LogP contribution in [-0.2, 0) is 18.7 Å². The van der Waals surface area contributed by atoms with Crippen LogP contribution in [-0.4, -0.2) is 64.1 Å². The number of benzene rings is 2. The number of ether oxygens (including phenoxy) is 1. The zero-order valence-corrected chi connectivity index (χ0v) is 21.7. The van der Waals surface area contributed by atoms with Crippen LogP contribution in [0.1, 0.15) is 60.3 Å². The van der Waals surface area contributed by atoms with Crippen LogP contribution in [0.5, 0.6) is 5.75 Å². The molecule has 0 spiro atoms. The summed E-state index contributed by atoms with van der Waals surface area (Å²) in [5.41, 5.74) is 3.80. The number of rotatable bonds is 6. The van der Waals surface area contributed by atoms with Gasteiger partial charge in [-0.3, -0.25) is 9.69 Å². The van der Waals surface area contributed by atoms with Gasteiger partial charge in [-0.1, -0.05) is 12.1 Å². The van der Waals surface area contributed by atoms with Gasteiger partial charge in [-0.25, -0.2) is 4.98 Å². The van der Waals surface area contributed by atoms with Crippen LogP contribution in [0.3, 0.4) is 0 Å². The Morgan fingerprint density at radius 2 is 2.03 bits per heavy atom. The van der Waals surface area contributed by atoms with Crippen molar-refractivity contribution >= 4 is 16.8 Å². The molecule has 7 nitrogen and oxygen atoms in total. The van der Waals surface area contributed by atoms with E-state index in [1.54, 1.807) is 13.8 Å². The zero-order valence-electron chi connectivity index (χ0n) is 21.7. The number of carbonyl (C=O) groups is 1. The Bertz CT molecular complexity index is 1310. The highest BCUT2D eigenvalue weighted by molar-refractivity contribution is 5.98. The number of amides is 1. The van der Waals surface area contributed by atoms with Gasteiger partial charge in [0, 0.05) is 49.7 Å². The number of fused-ring (bicyclic) bond motifs is 2. The van der Waals surface area contributed by atoms with E-state index >= 15 is 0 Å². The lowest BCUT2D eigenvalue weighted by atomic mass is 10.0. The number of nitrogens with zero attached hydrogens (tertiary/aromatic N) is 3. The summed E-state index contributed by atoms with van der Waals surface area (Å²) in [5, 5.41) is 14.8. The third-order valence-corrected chi connectivity index (χ3v) is 7.94. The van der Waals surface area contributed by atoms with Gasteiger partial charge in [0.1, 0.15) is 17.5 Å². The minimum atomic E-state index is -0.946. The summed E-state index contributed by atoms with van der Waals surface area (Å²) in [6.07, 6.45) is 3.32. The molecule has 0 unspecified atom stereocenters. The van der Waals surface area contributed by atoms with Crippen molar-refractivity contribution < 1.29 is 14.6 Å². The first-order valence-electron chi connectivity index (χ1n) is 13.5. The predicted octanol–water partition coefficient (Wildman–Crippen LogP) is 3.82. The Morgan fingerprint density at radius 1 is 1.14 bits per heavy atom. The molecule has 3 aliphatic rings. The molecule has 2 aromatic carbocycles. The van der Waals surface area contributed by atoms with Crippen LogP contribution < -0.4 is 10.1 Å². The Kier molecular flexibility index (Phi) is 6.39. The summed E-state index contributed by atoms with van der Waals surface area (Å²) in [7, 11) is 0. The third kappa shape index (κ3) is 5.08. The molecule has 2 saturated heterocycles. The second kappa shape index (κ2) is 9.71. The lowest BCUT2D eigenvalue weighted by molar-refractivity contribution is 0.0674. The van der Waals surface area contributed by atoms with Crippen LogP contribution in [0.2, 0.25) is 0 Å². The van der Waals surface area contributed by atoms with Gasteiger partial charge >= 0.3 is 0 Å². The number of aromatic nitrogens is 1. The van der Waals surface area contributed by atoms with Crippen LogP contribution in [0.15, 0.2) is 48.5 Å². The van der Waals surface area contributed by atoms with E-state index in [1.165, 1.54) is 5.56 Å². The van der Waals surface area contributed by atoms with Crippen molar-refractivity contribution in [1.29, 1.82) is 0 Å². The first-order valence-corrected chi connectivity index (χ1v) is 13.5. The molecule has 2 fully saturated rings. The average molecular weight is 501 g/mol. The first-order chi connectivity index (χ1) is 17.8. The summed E-state index contributed by atoms with van der Waals surface area (Å²) in [5.74, 6) is 1.02. The molecule has 3 aromatic rings. The highest BCUT2D eigenvalue weighted by Gasteiger charge is 2.34. The smallest absolute Gasteiger partial charge is 0.254 e. The molecular weight excluding hydrogens is 464 g/mol. The molecule has 1 aromatic heterocycles. The van der Waals surface area contributed by atoms with Crippen molar-refractivity contribution in [3.63, 3.8) is 0 Å². The molecule has 0 aliphatic carbocycles. The molecule has 194 valence electrons. The Morgan fingerprint density at radius 3 is 2.84 bits per heavy atom. The molecule has 0 radical (unpaired) electrons. The largest absolute Gasteiger partial charge is 0.489 e. The molecule has 2 atom stereocenters. The van der Waals surface area contributed by atoms with Gasteiger partial charge in [-0.2, -0.15) is 0 Å².